The highest BCUT2D eigenvalue weighted by molar-refractivity contribution is 6.34. The number of hydrogen-bond acceptors (Lipinski definition) is 9. The SMILES string of the molecule is COCCn1cc(-c2ccc(-c3cnc(C(=O)Nc4ccc(C(=O)N5CCN(C(=O)C6CC[N+](CC(=O)[O-])(CC7CNC7)CC6)CC5)c(Cl)c4)n3C)c(F)c2F)c(C)n1. The number of piperidine rings is 1. The van der Waals surface area contributed by atoms with Crippen molar-refractivity contribution in [3.05, 3.63) is 76.5 Å². The van der Waals surface area contributed by atoms with E-state index in [-0.39, 0.29) is 57.5 Å². The smallest absolute Gasteiger partial charge is 0.291 e. The van der Waals surface area contributed by atoms with Crippen LogP contribution in [0.2, 0.25) is 5.02 Å². The first-order valence-electron chi connectivity index (χ1n) is 19.8. The Bertz CT molecular complexity index is 2240. The molecule has 3 aliphatic rings. The van der Waals surface area contributed by atoms with E-state index in [1.54, 1.807) is 34.7 Å². The number of aromatic nitrogens is 4. The lowest BCUT2D eigenvalue weighted by Crippen LogP contribution is -2.63. The van der Waals surface area contributed by atoms with Gasteiger partial charge in [-0.3, -0.25) is 19.1 Å². The number of aryl methyl sites for hydroxylation is 1. The van der Waals surface area contributed by atoms with Gasteiger partial charge in [0, 0.05) is 107 Å². The number of quaternary nitrogens is 1. The van der Waals surface area contributed by atoms with E-state index < -0.39 is 23.5 Å². The molecule has 3 amide bonds. The number of likely N-dealkylation sites (tertiary alicyclic amines) is 1. The zero-order valence-corrected chi connectivity index (χ0v) is 34.1. The van der Waals surface area contributed by atoms with E-state index in [1.165, 1.54) is 48.1 Å². The number of methoxy groups -OCH3 is 1. The Labute approximate surface area is 345 Å². The van der Waals surface area contributed by atoms with Crippen molar-refractivity contribution in [2.45, 2.75) is 26.3 Å². The van der Waals surface area contributed by atoms with E-state index in [0.717, 1.165) is 19.6 Å². The zero-order chi connectivity index (χ0) is 42.0. The molecule has 3 aliphatic heterocycles. The Balaban J connectivity index is 0.939. The van der Waals surface area contributed by atoms with Crippen molar-refractivity contribution < 1.29 is 42.3 Å². The standard InChI is InChI=1S/C41H48ClF2N9O6/c1-25-32(22-52(48-25)14-17-59-3)29-6-7-31(37(44)36(29)43)34-21-46-38(49(34)2)39(56)47-28-4-5-30(33(42)18-28)41(58)51-12-10-50(11-13-51)40(57)27-8-15-53(16-9-27,24-35(54)55)23-26-19-45-20-26/h4-7,18,21-22,26-27,45H,8-17,19-20,23-24H2,1-3H3,(H-,47,54,55,56,58). The average molecular weight is 836 g/mol. The van der Waals surface area contributed by atoms with Gasteiger partial charge in [0.15, 0.2) is 17.5 Å². The van der Waals surface area contributed by atoms with Crippen LogP contribution < -0.4 is 15.7 Å². The summed E-state index contributed by atoms with van der Waals surface area (Å²) in [5.74, 6) is -3.94. The highest BCUT2D eigenvalue weighted by Gasteiger charge is 2.41. The van der Waals surface area contributed by atoms with E-state index in [0.29, 0.717) is 92.6 Å². The zero-order valence-electron chi connectivity index (χ0n) is 33.3. The number of hydrogen-bond donors (Lipinski definition) is 2. The number of benzene rings is 2. The van der Waals surface area contributed by atoms with Crippen molar-refractivity contribution in [2.24, 2.45) is 18.9 Å². The lowest BCUT2D eigenvalue weighted by molar-refractivity contribution is -0.931. The molecule has 2 aromatic carbocycles. The largest absolute Gasteiger partial charge is 0.544 e. The van der Waals surface area contributed by atoms with Crippen molar-refractivity contribution in [3.63, 3.8) is 0 Å². The number of rotatable bonds is 13. The van der Waals surface area contributed by atoms with Gasteiger partial charge < -0.3 is 44.1 Å². The second-order valence-corrected chi connectivity index (χ2v) is 16.2. The maximum Gasteiger partial charge on any atom is 0.291 e. The van der Waals surface area contributed by atoms with Gasteiger partial charge in [-0.2, -0.15) is 5.10 Å². The Morgan fingerprint density at radius 1 is 1.00 bits per heavy atom. The third-order valence-corrected chi connectivity index (χ3v) is 12.2. The molecule has 0 aliphatic carbocycles. The number of amides is 3. The van der Waals surface area contributed by atoms with Gasteiger partial charge in [0.25, 0.3) is 11.8 Å². The van der Waals surface area contributed by atoms with Gasteiger partial charge in [-0.25, -0.2) is 13.8 Å². The fourth-order valence-electron chi connectivity index (χ4n) is 8.49. The fraction of sp³-hybridized carbons (Fsp3) is 0.463. The normalized spacial score (nSPS) is 19.7. The number of ether oxygens (including phenoxy) is 1. The van der Waals surface area contributed by atoms with Crippen LogP contribution in [0.3, 0.4) is 0 Å². The van der Waals surface area contributed by atoms with Crippen LogP contribution in [0.5, 0.6) is 0 Å². The van der Waals surface area contributed by atoms with E-state index in [2.05, 4.69) is 20.7 Å². The fourth-order valence-corrected chi connectivity index (χ4v) is 8.75. The van der Waals surface area contributed by atoms with Crippen molar-refractivity contribution in [1.29, 1.82) is 0 Å². The Morgan fingerprint density at radius 2 is 1.68 bits per heavy atom. The minimum atomic E-state index is -1.10. The summed E-state index contributed by atoms with van der Waals surface area (Å²) in [5.41, 5.74) is 1.66. The van der Waals surface area contributed by atoms with Crippen molar-refractivity contribution in [2.75, 3.05) is 84.5 Å². The van der Waals surface area contributed by atoms with E-state index in [4.69, 9.17) is 16.3 Å². The van der Waals surface area contributed by atoms with Crippen molar-refractivity contribution in [1.82, 2.24) is 34.4 Å². The molecule has 3 saturated heterocycles. The summed E-state index contributed by atoms with van der Waals surface area (Å²) in [4.78, 5) is 59.6. The number of carbonyl (C=O) groups excluding carboxylic acids is 4. The first-order valence-corrected chi connectivity index (χ1v) is 20.1. The molecular formula is C41H48ClF2N9O6. The first kappa shape index (κ1) is 41.9. The van der Waals surface area contributed by atoms with Gasteiger partial charge in [-0.05, 0) is 31.2 Å². The average Bonchev–Trinajstić information content (AvgIpc) is 3.77. The Kier molecular flexibility index (Phi) is 12.5. The summed E-state index contributed by atoms with van der Waals surface area (Å²) in [7, 11) is 3.08. The molecule has 0 bridgehead atoms. The van der Waals surface area contributed by atoms with Crippen LogP contribution >= 0.6 is 11.6 Å². The molecule has 18 heteroatoms. The maximum atomic E-state index is 15.6. The molecule has 0 spiro atoms. The highest BCUT2D eigenvalue weighted by atomic mass is 35.5. The summed E-state index contributed by atoms with van der Waals surface area (Å²) >= 11 is 6.57. The summed E-state index contributed by atoms with van der Waals surface area (Å²) < 4.78 is 39.6. The third kappa shape index (κ3) is 8.88. The van der Waals surface area contributed by atoms with Crippen LogP contribution in [-0.2, 0) is 27.9 Å². The maximum absolute atomic E-state index is 15.6. The molecule has 0 radical (unpaired) electrons. The number of nitrogens with one attached hydrogen (secondary N) is 2. The van der Waals surface area contributed by atoms with E-state index in [1.807, 2.05) is 0 Å². The summed E-state index contributed by atoms with van der Waals surface area (Å²) in [6, 6.07) is 7.41. The summed E-state index contributed by atoms with van der Waals surface area (Å²) in [6.07, 6.45) is 4.15. The quantitative estimate of drug-likeness (QED) is 0.193. The van der Waals surface area contributed by atoms with Gasteiger partial charge in [0.2, 0.25) is 5.91 Å². The molecule has 2 N–H and O–H groups in total. The van der Waals surface area contributed by atoms with Gasteiger partial charge >= 0.3 is 0 Å². The first-order chi connectivity index (χ1) is 28.3. The lowest BCUT2D eigenvalue weighted by Gasteiger charge is -2.47. The molecule has 5 heterocycles. The molecule has 15 nitrogen and oxygen atoms in total. The van der Waals surface area contributed by atoms with Crippen LogP contribution in [-0.4, -0.2) is 136 Å². The molecule has 4 aromatic rings. The number of carbonyl (C=O) groups is 4. The molecular weight excluding hydrogens is 788 g/mol. The van der Waals surface area contributed by atoms with Gasteiger partial charge in [0.05, 0.1) is 66.9 Å². The summed E-state index contributed by atoms with van der Waals surface area (Å²) in [6.45, 7) is 7.71. The topological polar surface area (TPSA) is 167 Å². The van der Waals surface area contributed by atoms with Gasteiger partial charge in [-0.15, -0.1) is 0 Å². The highest BCUT2D eigenvalue weighted by Crippen LogP contribution is 2.34. The van der Waals surface area contributed by atoms with Crippen LogP contribution in [0.1, 0.15) is 39.5 Å². The van der Waals surface area contributed by atoms with Gasteiger partial charge in [0.1, 0.15) is 6.54 Å². The predicted octanol–water partition coefficient (Wildman–Crippen LogP) is 2.57. The molecule has 3 fully saturated rings. The predicted molar refractivity (Wildman–Crippen MR) is 212 cm³/mol. The number of carboxylic acids is 1. The van der Waals surface area contributed by atoms with Crippen LogP contribution in [0.15, 0.2) is 42.7 Å². The Hall–Kier alpha value is -5.23. The number of imidazole rings is 1. The second kappa shape index (κ2) is 17.6. The van der Waals surface area contributed by atoms with Crippen molar-refractivity contribution in [3.8, 4) is 22.4 Å². The van der Waals surface area contributed by atoms with Crippen LogP contribution in [0, 0.1) is 30.4 Å². The van der Waals surface area contributed by atoms with E-state index in [9.17, 15) is 24.3 Å². The molecule has 7 rings (SSSR count). The molecule has 314 valence electrons. The minimum absolute atomic E-state index is 0.0352. The number of nitrogens with zero attached hydrogens (tertiary/aromatic N) is 7. The number of aliphatic carboxylic acids is 1. The number of piperazine rings is 1. The summed E-state index contributed by atoms with van der Waals surface area (Å²) in [5, 5.41) is 22.0. The van der Waals surface area contributed by atoms with Crippen LogP contribution in [0.25, 0.3) is 22.4 Å². The molecule has 0 unspecified atom stereocenters. The number of carboxylic acid groups (broad SMARTS) is 1. The number of anilines is 1. The van der Waals surface area contributed by atoms with E-state index >= 15 is 8.78 Å². The molecule has 0 atom stereocenters. The van der Waals surface area contributed by atoms with Crippen LogP contribution in [0.4, 0.5) is 14.5 Å². The lowest BCUT2D eigenvalue weighted by atomic mass is 9.90. The monoisotopic (exact) mass is 835 g/mol. The molecule has 0 saturated carbocycles. The third-order valence-electron chi connectivity index (χ3n) is 11.9. The molecule has 59 heavy (non-hydrogen) atoms. The Morgan fingerprint density at radius 3 is 2.32 bits per heavy atom. The van der Waals surface area contributed by atoms with Crippen molar-refractivity contribution >= 4 is 41.0 Å². The minimum Gasteiger partial charge on any atom is -0.544 e. The van der Waals surface area contributed by atoms with Gasteiger partial charge in [-0.1, -0.05) is 17.7 Å². The molecule has 2 aromatic heterocycles. The number of halogens is 3. The second-order valence-electron chi connectivity index (χ2n) is 15.8.